The third-order valence-electron chi connectivity index (χ3n) is 8.25. The molecular weight excluding hydrogens is 534 g/mol. The second-order valence-electron chi connectivity index (χ2n) is 11.2. The molecule has 0 aromatic heterocycles. The fourth-order valence-corrected chi connectivity index (χ4v) is 5.67. The molecule has 1 aliphatic heterocycles. The lowest BCUT2D eigenvalue weighted by molar-refractivity contribution is -0.220. The minimum absolute atomic E-state index is 0.0295. The van der Waals surface area contributed by atoms with Crippen LogP contribution in [0.25, 0.3) is 5.76 Å². The smallest absolute Gasteiger partial charge is 0.452 e. The number of ether oxygens (including phenoxy) is 3. The van der Waals surface area contributed by atoms with Gasteiger partial charge in [0.2, 0.25) is 0 Å². The van der Waals surface area contributed by atoms with E-state index in [1.807, 2.05) is 31.2 Å². The van der Waals surface area contributed by atoms with Gasteiger partial charge >= 0.3 is 17.7 Å². The van der Waals surface area contributed by atoms with Crippen LogP contribution < -0.4 is 5.32 Å². The van der Waals surface area contributed by atoms with Gasteiger partial charge in [-0.1, -0.05) is 54.8 Å². The van der Waals surface area contributed by atoms with Gasteiger partial charge in [-0.15, -0.1) is 0 Å². The number of carbonyl (C=O) groups excluding carboxylic acids is 1. The van der Waals surface area contributed by atoms with Gasteiger partial charge in [0.25, 0.3) is 0 Å². The number of carbonyl (C=O) groups is 2. The summed E-state index contributed by atoms with van der Waals surface area (Å²) in [7, 11) is 0. The number of aliphatic carboxylic acids is 1. The van der Waals surface area contributed by atoms with Crippen LogP contribution in [-0.4, -0.2) is 46.6 Å². The normalized spacial score (nSPS) is 22.4. The van der Waals surface area contributed by atoms with Gasteiger partial charge in [0.15, 0.2) is 5.76 Å². The van der Waals surface area contributed by atoms with Crippen LogP contribution in [0, 0.1) is 11.8 Å². The number of carboxylic acids is 1. The molecule has 8 nitrogen and oxygen atoms in total. The van der Waals surface area contributed by atoms with E-state index in [4.69, 9.17) is 25.8 Å². The lowest BCUT2D eigenvalue weighted by atomic mass is 9.70. The minimum Gasteiger partial charge on any atom is -0.475 e. The van der Waals surface area contributed by atoms with Crippen molar-refractivity contribution < 1.29 is 34.0 Å². The Labute approximate surface area is 239 Å². The minimum atomic E-state index is -2.55. The van der Waals surface area contributed by atoms with Crippen LogP contribution in [0.15, 0.2) is 54.8 Å². The fourth-order valence-electron chi connectivity index (χ4n) is 5.47. The second-order valence-corrected chi connectivity index (χ2v) is 11.6. The van der Waals surface area contributed by atoms with Gasteiger partial charge < -0.3 is 29.7 Å². The molecule has 3 aliphatic rings. The van der Waals surface area contributed by atoms with E-state index in [9.17, 15) is 19.8 Å². The SMILES string of the molecule is CC(Cc1cccc(C2=COC(C(=O)O)(C(=O)OC(C3CCC3)C3CCC3)O2)c1)NCC(O)c1cccc(Cl)c1. The molecule has 2 saturated carbocycles. The number of nitrogens with one attached hydrogen (secondary N) is 1. The maximum Gasteiger partial charge on any atom is 0.452 e. The van der Waals surface area contributed by atoms with E-state index in [0.29, 0.717) is 23.6 Å². The maximum absolute atomic E-state index is 13.2. The van der Waals surface area contributed by atoms with Gasteiger partial charge in [0.1, 0.15) is 12.4 Å². The molecule has 3 atom stereocenters. The molecule has 5 rings (SSSR count). The molecule has 0 spiro atoms. The maximum atomic E-state index is 13.2. The molecule has 40 heavy (non-hydrogen) atoms. The van der Waals surface area contributed by atoms with Gasteiger partial charge in [-0.25, -0.2) is 9.59 Å². The zero-order valence-corrected chi connectivity index (χ0v) is 23.3. The number of hydrogen-bond acceptors (Lipinski definition) is 7. The summed E-state index contributed by atoms with van der Waals surface area (Å²) in [5.41, 5.74) is 2.30. The van der Waals surface area contributed by atoms with E-state index < -0.39 is 23.8 Å². The zero-order valence-electron chi connectivity index (χ0n) is 22.6. The summed E-state index contributed by atoms with van der Waals surface area (Å²) in [6.45, 7) is 2.37. The molecule has 0 radical (unpaired) electrons. The number of hydrogen-bond donors (Lipinski definition) is 3. The first-order chi connectivity index (χ1) is 19.2. The Morgan fingerprint density at radius 2 is 1.80 bits per heavy atom. The number of benzene rings is 2. The zero-order chi connectivity index (χ0) is 28.3. The monoisotopic (exact) mass is 569 g/mol. The van der Waals surface area contributed by atoms with Crippen molar-refractivity contribution in [2.45, 2.75) is 75.9 Å². The molecule has 0 amide bonds. The Morgan fingerprint density at radius 3 is 2.42 bits per heavy atom. The number of aliphatic hydroxyl groups is 1. The molecular formula is C31H36ClNO7. The van der Waals surface area contributed by atoms with Gasteiger partial charge in [-0.05, 0) is 80.2 Å². The Balaban J connectivity index is 1.20. The summed E-state index contributed by atoms with van der Waals surface area (Å²) >= 11 is 6.03. The van der Waals surface area contributed by atoms with Crippen molar-refractivity contribution in [1.29, 1.82) is 0 Å². The topological polar surface area (TPSA) is 114 Å². The number of esters is 1. The molecule has 2 aliphatic carbocycles. The van der Waals surface area contributed by atoms with Crippen molar-refractivity contribution in [2.24, 2.45) is 11.8 Å². The lowest BCUT2D eigenvalue weighted by Gasteiger charge is -2.42. The molecule has 3 N–H and O–H groups in total. The van der Waals surface area contributed by atoms with Crippen molar-refractivity contribution in [1.82, 2.24) is 5.32 Å². The van der Waals surface area contributed by atoms with Gasteiger partial charge in [-0.2, -0.15) is 0 Å². The summed E-state index contributed by atoms with van der Waals surface area (Å²) in [6, 6.07) is 14.6. The fraction of sp³-hybridized carbons (Fsp3) is 0.484. The molecule has 214 valence electrons. The Kier molecular flexibility index (Phi) is 8.68. The van der Waals surface area contributed by atoms with Crippen molar-refractivity contribution in [3.8, 4) is 0 Å². The number of halogens is 1. The van der Waals surface area contributed by atoms with Crippen LogP contribution in [0.2, 0.25) is 5.02 Å². The number of carboxylic acid groups (broad SMARTS) is 1. The lowest BCUT2D eigenvalue weighted by Crippen LogP contribution is -2.52. The predicted octanol–water partition coefficient (Wildman–Crippen LogP) is 5.23. The van der Waals surface area contributed by atoms with Gasteiger partial charge in [0, 0.05) is 23.2 Å². The van der Waals surface area contributed by atoms with Crippen LogP contribution in [-0.2, 0) is 30.2 Å². The third kappa shape index (κ3) is 6.14. The summed E-state index contributed by atoms with van der Waals surface area (Å²) in [5, 5.41) is 24.4. The standard InChI is InChI=1S/C31H36ClNO7/c1-19(33-17-26(34)23-11-5-13-25(32)16-23)14-20-6-2-12-24(15-20)27-18-38-31(40-27,29(35)36)30(37)39-28(21-7-3-8-21)22-9-4-10-22/h2,5-6,11-13,15-16,18-19,21-22,26,28,33-34H,3-4,7-10,14,17H2,1H3,(H,35,36). The highest BCUT2D eigenvalue weighted by Gasteiger charge is 2.58. The van der Waals surface area contributed by atoms with E-state index in [0.717, 1.165) is 49.7 Å². The molecule has 0 bridgehead atoms. The highest BCUT2D eigenvalue weighted by Crippen LogP contribution is 2.43. The molecule has 9 heteroatoms. The first-order valence-corrected chi connectivity index (χ1v) is 14.4. The molecule has 2 aromatic rings. The van der Waals surface area contributed by atoms with E-state index in [1.54, 1.807) is 24.3 Å². The molecule has 1 heterocycles. The summed E-state index contributed by atoms with van der Waals surface area (Å²) in [4.78, 5) is 25.5. The van der Waals surface area contributed by atoms with Crippen LogP contribution in [0.3, 0.4) is 0 Å². The first kappa shape index (κ1) is 28.5. The largest absolute Gasteiger partial charge is 0.475 e. The summed E-state index contributed by atoms with van der Waals surface area (Å²) in [5.74, 6) is -4.41. The average molecular weight is 570 g/mol. The van der Waals surface area contributed by atoms with Gasteiger partial charge in [0.05, 0.1) is 6.10 Å². The molecule has 2 aromatic carbocycles. The van der Waals surface area contributed by atoms with Crippen LogP contribution in [0.5, 0.6) is 0 Å². The van der Waals surface area contributed by atoms with E-state index >= 15 is 0 Å². The van der Waals surface area contributed by atoms with Crippen molar-refractivity contribution >= 4 is 29.3 Å². The average Bonchev–Trinajstić information content (AvgIpc) is 3.33. The Hall–Kier alpha value is -3.07. The van der Waals surface area contributed by atoms with Crippen molar-refractivity contribution in [3.63, 3.8) is 0 Å². The predicted molar refractivity (Wildman–Crippen MR) is 149 cm³/mol. The van der Waals surface area contributed by atoms with Crippen molar-refractivity contribution in [3.05, 3.63) is 76.5 Å². The summed E-state index contributed by atoms with van der Waals surface area (Å²) in [6.07, 6.45) is 6.97. The molecule has 3 unspecified atom stereocenters. The first-order valence-electron chi connectivity index (χ1n) is 14.0. The Bertz CT molecular complexity index is 1240. The van der Waals surface area contributed by atoms with Crippen LogP contribution in [0.4, 0.5) is 0 Å². The second kappa shape index (κ2) is 12.2. The quantitative estimate of drug-likeness (QED) is 0.235. The van der Waals surface area contributed by atoms with Crippen LogP contribution >= 0.6 is 11.6 Å². The Morgan fingerprint density at radius 1 is 1.10 bits per heavy atom. The van der Waals surface area contributed by atoms with E-state index in [2.05, 4.69) is 5.32 Å². The third-order valence-corrected chi connectivity index (χ3v) is 8.49. The highest BCUT2D eigenvalue weighted by molar-refractivity contribution is 6.30. The highest BCUT2D eigenvalue weighted by atomic mass is 35.5. The number of aliphatic hydroxyl groups excluding tert-OH is 1. The molecule has 2 fully saturated rings. The van der Waals surface area contributed by atoms with E-state index in [1.165, 1.54) is 6.26 Å². The van der Waals surface area contributed by atoms with Crippen LogP contribution in [0.1, 0.15) is 68.2 Å². The molecule has 0 saturated heterocycles. The van der Waals surface area contributed by atoms with Gasteiger partial charge in [-0.3, -0.25) is 0 Å². The number of rotatable bonds is 12. The van der Waals surface area contributed by atoms with Crippen molar-refractivity contribution in [2.75, 3.05) is 6.54 Å². The summed E-state index contributed by atoms with van der Waals surface area (Å²) < 4.78 is 17.0. The van der Waals surface area contributed by atoms with E-state index in [-0.39, 0.29) is 29.7 Å².